The Hall–Kier alpha value is -1.88. The molecule has 1 saturated heterocycles. The Kier molecular flexibility index (Phi) is 11.1. The van der Waals surface area contributed by atoms with E-state index in [4.69, 9.17) is 5.73 Å². The average Bonchev–Trinajstić information content (AvgIpc) is 2.73. The number of nitrogens with one attached hydrogen (secondary N) is 3. The number of carbonyl (C=O) groups excluding carboxylic acids is 2. The molecule has 1 fully saturated rings. The lowest BCUT2D eigenvalue weighted by Gasteiger charge is -2.41. The first kappa shape index (κ1) is 26.2. The van der Waals surface area contributed by atoms with Crippen molar-refractivity contribution in [3.05, 3.63) is 35.4 Å². The van der Waals surface area contributed by atoms with Gasteiger partial charge in [0.05, 0.1) is 6.54 Å². The van der Waals surface area contributed by atoms with Crippen LogP contribution in [0.2, 0.25) is 0 Å². The zero-order valence-electron chi connectivity index (χ0n) is 18.2. The van der Waals surface area contributed by atoms with E-state index in [2.05, 4.69) is 39.7 Å². The van der Waals surface area contributed by atoms with E-state index in [9.17, 15) is 9.59 Å². The number of nitrogens with zero attached hydrogens (tertiary/aromatic N) is 2. The maximum Gasteiger partial charge on any atom is 0.251 e. The normalized spacial score (nSPS) is 15.1. The summed E-state index contributed by atoms with van der Waals surface area (Å²) in [5, 5.41) is 9.20. The third kappa shape index (κ3) is 8.47. The van der Waals surface area contributed by atoms with Gasteiger partial charge in [0, 0.05) is 31.2 Å². The highest BCUT2D eigenvalue weighted by molar-refractivity contribution is 14.0. The van der Waals surface area contributed by atoms with Gasteiger partial charge in [0.2, 0.25) is 5.91 Å². The summed E-state index contributed by atoms with van der Waals surface area (Å²) in [6, 6.07) is 7.19. The Morgan fingerprint density at radius 1 is 1.07 bits per heavy atom. The molecule has 1 aromatic rings. The van der Waals surface area contributed by atoms with Crippen LogP contribution in [0, 0.1) is 0 Å². The van der Waals surface area contributed by atoms with E-state index in [0.29, 0.717) is 12.1 Å². The van der Waals surface area contributed by atoms with Gasteiger partial charge >= 0.3 is 0 Å². The third-order valence-electron chi connectivity index (χ3n) is 5.22. The number of guanidine groups is 1. The lowest BCUT2D eigenvalue weighted by atomic mass is 9.98. The minimum absolute atomic E-state index is 0. The molecule has 5 N–H and O–H groups in total. The monoisotopic (exact) mass is 530 g/mol. The van der Waals surface area contributed by atoms with Crippen molar-refractivity contribution < 1.29 is 9.59 Å². The summed E-state index contributed by atoms with van der Waals surface area (Å²) < 4.78 is 0. The molecule has 0 aromatic heterocycles. The van der Waals surface area contributed by atoms with Gasteiger partial charge in [0.1, 0.15) is 0 Å². The van der Waals surface area contributed by atoms with E-state index < -0.39 is 5.91 Å². The number of aliphatic imine (C=N–C) groups is 1. The van der Waals surface area contributed by atoms with Crippen LogP contribution < -0.4 is 21.7 Å². The number of amides is 2. The highest BCUT2D eigenvalue weighted by atomic mass is 127. The Balaban J connectivity index is 0.00000450. The lowest BCUT2D eigenvalue weighted by Crippen LogP contribution is -2.54. The smallest absolute Gasteiger partial charge is 0.251 e. The molecule has 1 aliphatic heterocycles. The fraction of sp³-hybridized carbons (Fsp3) is 0.571. The molecule has 0 bridgehead atoms. The fourth-order valence-electron chi connectivity index (χ4n) is 3.36. The molecular weight excluding hydrogens is 495 g/mol. The number of benzene rings is 1. The zero-order valence-corrected chi connectivity index (χ0v) is 20.5. The molecule has 1 heterocycles. The summed E-state index contributed by atoms with van der Waals surface area (Å²) in [7, 11) is 1.76. The Morgan fingerprint density at radius 3 is 2.27 bits per heavy atom. The predicted molar refractivity (Wildman–Crippen MR) is 131 cm³/mol. The molecule has 2 rings (SSSR count). The van der Waals surface area contributed by atoms with Crippen molar-refractivity contribution in [2.75, 3.05) is 33.2 Å². The number of halogens is 1. The van der Waals surface area contributed by atoms with Gasteiger partial charge in [0.15, 0.2) is 5.96 Å². The van der Waals surface area contributed by atoms with Gasteiger partial charge in [-0.25, -0.2) is 0 Å². The van der Waals surface area contributed by atoms with Crippen LogP contribution in [0.25, 0.3) is 0 Å². The quantitative estimate of drug-likeness (QED) is 0.231. The molecule has 9 heteroatoms. The van der Waals surface area contributed by atoms with E-state index in [1.807, 2.05) is 12.1 Å². The number of carbonyl (C=O) groups is 2. The zero-order chi connectivity index (χ0) is 21.3. The molecule has 2 amide bonds. The largest absolute Gasteiger partial charge is 0.368 e. The van der Waals surface area contributed by atoms with Crippen molar-refractivity contribution in [3.63, 3.8) is 0 Å². The number of likely N-dealkylation sites (tertiary alicyclic amines) is 1. The average molecular weight is 530 g/mol. The molecule has 0 unspecified atom stereocenters. The van der Waals surface area contributed by atoms with Crippen molar-refractivity contribution >= 4 is 41.8 Å². The topological polar surface area (TPSA) is 112 Å². The molecule has 1 aliphatic rings. The summed E-state index contributed by atoms with van der Waals surface area (Å²) in [6.07, 6.45) is 3.87. The van der Waals surface area contributed by atoms with Crippen LogP contribution in [0.3, 0.4) is 0 Å². The molecule has 0 radical (unpaired) electrons. The summed E-state index contributed by atoms with van der Waals surface area (Å²) >= 11 is 0. The van der Waals surface area contributed by atoms with Gasteiger partial charge in [-0.1, -0.05) is 18.6 Å². The maximum absolute atomic E-state index is 11.9. The molecular formula is C21H35IN6O2. The number of piperidine rings is 1. The van der Waals surface area contributed by atoms with E-state index in [1.54, 1.807) is 19.2 Å². The number of hydrogen-bond acceptors (Lipinski definition) is 4. The summed E-state index contributed by atoms with van der Waals surface area (Å²) in [5.41, 5.74) is 6.61. The molecule has 1 aromatic carbocycles. The van der Waals surface area contributed by atoms with E-state index in [-0.39, 0.29) is 42.0 Å². The molecule has 168 valence electrons. The first-order valence-corrected chi connectivity index (χ1v) is 10.2. The van der Waals surface area contributed by atoms with Crippen LogP contribution in [0.4, 0.5) is 0 Å². The number of hydrogen-bond donors (Lipinski definition) is 4. The van der Waals surface area contributed by atoms with Crippen LogP contribution in [-0.4, -0.2) is 61.4 Å². The van der Waals surface area contributed by atoms with Gasteiger partial charge in [-0.2, -0.15) is 0 Å². The van der Waals surface area contributed by atoms with Crippen LogP contribution in [0.15, 0.2) is 29.3 Å². The van der Waals surface area contributed by atoms with Crippen LogP contribution >= 0.6 is 24.0 Å². The minimum Gasteiger partial charge on any atom is -0.368 e. The molecule has 0 aliphatic carbocycles. The van der Waals surface area contributed by atoms with Gasteiger partial charge < -0.3 is 21.7 Å². The summed E-state index contributed by atoms with van der Waals surface area (Å²) in [4.78, 5) is 29.5. The Bertz CT molecular complexity index is 715. The standard InChI is InChI=1S/C21H34N6O2.HI/c1-21(2,27-11-5-4-6-12-27)15-26-20(23-3)25-13-16-7-9-17(10-8-16)19(29)24-14-18(22)28;/h7-10H,4-6,11-15H2,1-3H3,(H2,22,28)(H,24,29)(H2,23,25,26);1H. The number of rotatable bonds is 8. The summed E-state index contributed by atoms with van der Waals surface area (Å²) in [6.45, 7) is 8.07. The SMILES string of the molecule is CN=C(NCc1ccc(C(=O)NCC(N)=O)cc1)NCC(C)(C)N1CCCCC1.I. The lowest BCUT2D eigenvalue weighted by molar-refractivity contribution is -0.117. The molecule has 0 atom stereocenters. The Labute approximate surface area is 196 Å². The van der Waals surface area contributed by atoms with Crippen molar-refractivity contribution in [2.45, 2.75) is 45.2 Å². The second kappa shape index (κ2) is 12.7. The van der Waals surface area contributed by atoms with E-state index >= 15 is 0 Å². The second-order valence-electron chi connectivity index (χ2n) is 7.99. The van der Waals surface area contributed by atoms with Gasteiger partial charge in [-0.15, -0.1) is 24.0 Å². The van der Waals surface area contributed by atoms with E-state index in [0.717, 1.165) is 31.2 Å². The Morgan fingerprint density at radius 2 is 1.70 bits per heavy atom. The van der Waals surface area contributed by atoms with Crippen LogP contribution in [-0.2, 0) is 11.3 Å². The summed E-state index contributed by atoms with van der Waals surface area (Å²) in [5.74, 6) is -0.138. The molecule has 8 nitrogen and oxygen atoms in total. The number of primary amides is 1. The minimum atomic E-state index is -0.568. The molecule has 0 saturated carbocycles. The maximum atomic E-state index is 11.9. The van der Waals surface area contributed by atoms with Gasteiger partial charge in [-0.05, 0) is 57.5 Å². The van der Waals surface area contributed by atoms with Crippen LogP contribution in [0.5, 0.6) is 0 Å². The third-order valence-corrected chi connectivity index (χ3v) is 5.22. The van der Waals surface area contributed by atoms with Gasteiger partial charge in [-0.3, -0.25) is 19.5 Å². The first-order valence-electron chi connectivity index (χ1n) is 10.2. The van der Waals surface area contributed by atoms with Crippen molar-refractivity contribution in [1.82, 2.24) is 20.9 Å². The molecule has 30 heavy (non-hydrogen) atoms. The predicted octanol–water partition coefficient (Wildman–Crippen LogP) is 1.45. The van der Waals surface area contributed by atoms with Crippen LogP contribution in [0.1, 0.15) is 49.0 Å². The van der Waals surface area contributed by atoms with Crippen molar-refractivity contribution in [3.8, 4) is 0 Å². The van der Waals surface area contributed by atoms with Crippen molar-refractivity contribution in [2.24, 2.45) is 10.7 Å². The first-order chi connectivity index (χ1) is 13.8. The fourth-order valence-corrected chi connectivity index (χ4v) is 3.36. The van der Waals surface area contributed by atoms with Gasteiger partial charge in [0.25, 0.3) is 5.91 Å². The van der Waals surface area contributed by atoms with E-state index in [1.165, 1.54) is 19.3 Å². The highest BCUT2D eigenvalue weighted by Crippen LogP contribution is 2.19. The van der Waals surface area contributed by atoms with Crippen molar-refractivity contribution in [1.29, 1.82) is 0 Å². The number of nitrogens with two attached hydrogens (primary N) is 1. The second-order valence-corrected chi connectivity index (χ2v) is 7.99. The molecule has 0 spiro atoms. The highest BCUT2D eigenvalue weighted by Gasteiger charge is 2.27.